The predicted octanol–water partition coefficient (Wildman–Crippen LogP) is 6.90. The van der Waals surface area contributed by atoms with E-state index in [-0.39, 0.29) is 19.1 Å². The number of nitrogens with one attached hydrogen (secondary N) is 1. The fraction of sp³-hybridized carbons (Fsp3) is 0.900. The molecule has 0 aromatic rings. The zero-order chi connectivity index (χ0) is 29.4. The predicted molar refractivity (Wildman–Crippen MR) is 162 cm³/mol. The van der Waals surface area contributed by atoms with Crippen LogP contribution in [0, 0.1) is 0 Å². The van der Waals surface area contributed by atoms with Crippen LogP contribution in [0.25, 0.3) is 0 Å². The van der Waals surface area contributed by atoms with E-state index in [4.69, 9.17) is 9.05 Å². The Balaban J connectivity index is 4.44. The summed E-state index contributed by atoms with van der Waals surface area (Å²) in [5.74, 6) is -0.204. The number of hydrogen-bond donors (Lipinski definition) is 3. The molecule has 0 aromatic heterocycles. The lowest BCUT2D eigenvalue weighted by atomic mass is 10.0. The fourth-order valence-electron chi connectivity index (χ4n) is 4.15. The second kappa shape index (κ2) is 23.9. The van der Waals surface area contributed by atoms with E-state index in [2.05, 4.69) is 19.2 Å². The largest absolute Gasteiger partial charge is 0.472 e. The van der Waals surface area contributed by atoms with Gasteiger partial charge in [0.05, 0.1) is 39.9 Å². The van der Waals surface area contributed by atoms with Crippen molar-refractivity contribution >= 4 is 13.7 Å². The second-order valence-electron chi connectivity index (χ2n) is 11.8. The van der Waals surface area contributed by atoms with Crippen LogP contribution in [0.3, 0.4) is 0 Å². The molecule has 3 unspecified atom stereocenters. The van der Waals surface area contributed by atoms with Crippen molar-refractivity contribution in [3.63, 3.8) is 0 Å². The number of aliphatic hydroxyl groups is 1. The Kier molecular flexibility index (Phi) is 23.4. The van der Waals surface area contributed by atoms with Gasteiger partial charge in [0.25, 0.3) is 0 Å². The second-order valence-corrected chi connectivity index (χ2v) is 13.3. The van der Waals surface area contributed by atoms with Crippen molar-refractivity contribution in [3.8, 4) is 0 Å². The molecule has 0 saturated heterocycles. The highest BCUT2D eigenvalue weighted by atomic mass is 31.2. The van der Waals surface area contributed by atoms with Crippen LogP contribution in [0.1, 0.15) is 123 Å². The SMILES string of the molecule is CCCCCCCCCCCCCC/C=C/C(O)C(COP(=O)(O)OCC[N+](C)(C)C)NC(=O)CCCCC. The van der Waals surface area contributed by atoms with Crippen LogP contribution < -0.4 is 5.32 Å². The van der Waals surface area contributed by atoms with Crippen molar-refractivity contribution < 1.29 is 32.9 Å². The number of carbonyl (C=O) groups is 1. The van der Waals surface area contributed by atoms with E-state index < -0.39 is 20.0 Å². The first-order valence-electron chi connectivity index (χ1n) is 15.6. The number of quaternary nitrogens is 1. The molecule has 0 spiro atoms. The Hall–Kier alpha value is -0.760. The highest BCUT2D eigenvalue weighted by Gasteiger charge is 2.27. The summed E-state index contributed by atoms with van der Waals surface area (Å²) in [5, 5.41) is 13.5. The highest BCUT2D eigenvalue weighted by Crippen LogP contribution is 2.43. The van der Waals surface area contributed by atoms with Gasteiger partial charge >= 0.3 is 7.82 Å². The molecule has 3 atom stereocenters. The molecule has 0 saturated carbocycles. The van der Waals surface area contributed by atoms with Crippen LogP contribution >= 0.6 is 7.82 Å². The van der Waals surface area contributed by atoms with Crippen LogP contribution in [0.2, 0.25) is 0 Å². The Morgan fingerprint density at radius 2 is 1.36 bits per heavy atom. The summed E-state index contributed by atoms with van der Waals surface area (Å²) in [5.41, 5.74) is 0. The molecule has 9 heteroatoms. The van der Waals surface area contributed by atoms with Crippen molar-refractivity contribution in [2.45, 2.75) is 135 Å². The summed E-state index contributed by atoms with van der Waals surface area (Å²) < 4.78 is 23.1. The third-order valence-corrected chi connectivity index (χ3v) is 7.74. The van der Waals surface area contributed by atoms with Crippen molar-refractivity contribution in [3.05, 3.63) is 12.2 Å². The number of allylic oxidation sites excluding steroid dienone is 1. The average molecular weight is 578 g/mol. The first kappa shape index (κ1) is 38.2. The Bertz CT molecular complexity index is 668. The summed E-state index contributed by atoms with van der Waals surface area (Å²) in [7, 11) is 1.57. The maximum atomic E-state index is 12.4. The minimum absolute atomic E-state index is 0.0623. The number of phosphoric ester groups is 1. The Morgan fingerprint density at radius 3 is 1.90 bits per heavy atom. The fourth-order valence-corrected chi connectivity index (χ4v) is 4.89. The van der Waals surface area contributed by atoms with Crippen LogP contribution in [0.4, 0.5) is 0 Å². The quantitative estimate of drug-likeness (QED) is 0.0425. The monoisotopic (exact) mass is 577 g/mol. The van der Waals surface area contributed by atoms with E-state index in [1.54, 1.807) is 6.08 Å². The molecule has 1 amide bonds. The first-order valence-corrected chi connectivity index (χ1v) is 17.1. The molecular weight excluding hydrogens is 515 g/mol. The Labute approximate surface area is 240 Å². The molecule has 39 heavy (non-hydrogen) atoms. The number of rotatable bonds is 27. The van der Waals surface area contributed by atoms with Gasteiger partial charge < -0.3 is 19.8 Å². The van der Waals surface area contributed by atoms with Gasteiger partial charge in [-0.2, -0.15) is 0 Å². The molecule has 8 nitrogen and oxygen atoms in total. The number of likely N-dealkylation sites (N-methyl/N-ethyl adjacent to an activating group) is 1. The van der Waals surface area contributed by atoms with Crippen LogP contribution in [-0.2, 0) is 18.4 Å². The smallest absolute Gasteiger partial charge is 0.387 e. The minimum Gasteiger partial charge on any atom is -0.387 e. The molecule has 0 aliphatic heterocycles. The number of unbranched alkanes of at least 4 members (excludes halogenated alkanes) is 14. The van der Waals surface area contributed by atoms with Gasteiger partial charge in [0.2, 0.25) is 5.91 Å². The summed E-state index contributed by atoms with van der Waals surface area (Å²) in [6.07, 6.45) is 22.0. The van der Waals surface area contributed by atoms with Gasteiger partial charge in [-0.3, -0.25) is 13.8 Å². The summed E-state index contributed by atoms with van der Waals surface area (Å²) in [6, 6.07) is -0.833. The molecule has 0 aliphatic carbocycles. The van der Waals surface area contributed by atoms with Crippen molar-refractivity contribution in [1.82, 2.24) is 5.32 Å². The number of nitrogens with zero attached hydrogens (tertiary/aromatic N) is 1. The van der Waals surface area contributed by atoms with Gasteiger partial charge in [-0.15, -0.1) is 0 Å². The van der Waals surface area contributed by atoms with Crippen molar-refractivity contribution in [2.75, 3.05) is 40.9 Å². The van der Waals surface area contributed by atoms with Gasteiger partial charge in [0.1, 0.15) is 13.2 Å². The highest BCUT2D eigenvalue weighted by molar-refractivity contribution is 7.47. The molecule has 0 heterocycles. The van der Waals surface area contributed by atoms with Gasteiger partial charge in [-0.25, -0.2) is 4.57 Å². The number of phosphoric acid groups is 1. The zero-order valence-electron chi connectivity index (χ0n) is 25.9. The molecule has 0 aliphatic rings. The molecule has 0 bridgehead atoms. The topological polar surface area (TPSA) is 105 Å². The zero-order valence-corrected chi connectivity index (χ0v) is 26.8. The molecule has 0 rings (SSSR count). The van der Waals surface area contributed by atoms with E-state index in [9.17, 15) is 19.4 Å². The van der Waals surface area contributed by atoms with Gasteiger partial charge in [-0.05, 0) is 19.3 Å². The van der Waals surface area contributed by atoms with Crippen LogP contribution in [0.5, 0.6) is 0 Å². The first-order chi connectivity index (χ1) is 18.5. The Morgan fingerprint density at radius 1 is 0.846 bits per heavy atom. The number of carbonyl (C=O) groups excluding carboxylic acids is 1. The van der Waals surface area contributed by atoms with Crippen LogP contribution in [0.15, 0.2) is 12.2 Å². The standard InChI is InChI=1S/C30H61N2O6P/c1-6-8-10-11-12-13-14-15-16-17-18-19-20-22-23-29(33)28(31-30(34)24-21-9-7-2)27-38-39(35,36)37-26-25-32(3,4)5/h22-23,28-29,33H,6-21,24-27H2,1-5H3,(H-,31,34,35,36)/p+1/b23-22+. The van der Waals surface area contributed by atoms with Crippen molar-refractivity contribution in [2.24, 2.45) is 0 Å². The van der Waals surface area contributed by atoms with Gasteiger partial charge in [-0.1, -0.05) is 109 Å². The molecule has 232 valence electrons. The number of aliphatic hydroxyl groups excluding tert-OH is 1. The van der Waals surface area contributed by atoms with Crippen LogP contribution in [-0.4, -0.2) is 73.4 Å². The number of amides is 1. The van der Waals surface area contributed by atoms with E-state index in [0.29, 0.717) is 17.4 Å². The van der Waals surface area contributed by atoms with E-state index in [0.717, 1.165) is 38.5 Å². The lowest BCUT2D eigenvalue weighted by Crippen LogP contribution is -2.45. The molecule has 3 N–H and O–H groups in total. The molecule has 0 radical (unpaired) electrons. The third kappa shape index (κ3) is 25.9. The molecule has 0 aromatic carbocycles. The van der Waals surface area contributed by atoms with Crippen molar-refractivity contribution in [1.29, 1.82) is 0 Å². The van der Waals surface area contributed by atoms with Gasteiger partial charge in [0, 0.05) is 6.42 Å². The van der Waals surface area contributed by atoms with Gasteiger partial charge in [0.15, 0.2) is 0 Å². The number of hydrogen-bond acceptors (Lipinski definition) is 5. The summed E-state index contributed by atoms with van der Waals surface area (Å²) >= 11 is 0. The maximum absolute atomic E-state index is 12.4. The average Bonchev–Trinajstić information content (AvgIpc) is 2.85. The maximum Gasteiger partial charge on any atom is 0.472 e. The van der Waals surface area contributed by atoms with E-state index in [1.807, 2.05) is 27.2 Å². The lowest BCUT2D eigenvalue weighted by Gasteiger charge is -2.25. The molecule has 0 fully saturated rings. The van der Waals surface area contributed by atoms with E-state index in [1.165, 1.54) is 64.2 Å². The summed E-state index contributed by atoms with van der Waals surface area (Å²) in [6.45, 7) is 4.60. The third-order valence-electron chi connectivity index (χ3n) is 6.76. The van der Waals surface area contributed by atoms with E-state index >= 15 is 0 Å². The lowest BCUT2D eigenvalue weighted by molar-refractivity contribution is -0.870. The molecular formula is C30H62N2O6P+. The summed E-state index contributed by atoms with van der Waals surface area (Å²) in [4.78, 5) is 22.4. The minimum atomic E-state index is -4.30. The normalized spacial score (nSPS) is 15.4.